The van der Waals surface area contributed by atoms with Gasteiger partial charge in [-0.05, 0) is 25.0 Å². The number of rotatable bonds is 4. The predicted octanol–water partition coefficient (Wildman–Crippen LogP) is 1.98. The van der Waals surface area contributed by atoms with Crippen molar-refractivity contribution < 1.29 is 4.52 Å². The minimum atomic E-state index is 0.714. The topological polar surface area (TPSA) is 51.0 Å². The maximum absolute atomic E-state index is 4.98. The SMILES string of the molecule is Cc1cncc(CNCc2cc(C)on2)c1. The molecule has 0 unspecified atom stereocenters. The highest BCUT2D eigenvalue weighted by Crippen LogP contribution is 2.03. The number of hydrogen-bond donors (Lipinski definition) is 1. The Morgan fingerprint density at radius 3 is 2.75 bits per heavy atom. The van der Waals surface area contributed by atoms with Crippen molar-refractivity contribution in [2.24, 2.45) is 0 Å². The molecule has 4 nitrogen and oxygen atoms in total. The fraction of sp³-hybridized carbons (Fsp3) is 0.333. The van der Waals surface area contributed by atoms with Gasteiger partial charge in [-0.3, -0.25) is 4.98 Å². The molecule has 0 saturated carbocycles. The van der Waals surface area contributed by atoms with Crippen LogP contribution in [-0.2, 0) is 13.1 Å². The van der Waals surface area contributed by atoms with E-state index in [4.69, 9.17) is 4.52 Å². The molecule has 2 aromatic rings. The molecule has 2 heterocycles. The highest BCUT2D eigenvalue weighted by Gasteiger charge is 1.99. The molecular weight excluding hydrogens is 202 g/mol. The van der Waals surface area contributed by atoms with Gasteiger partial charge >= 0.3 is 0 Å². The van der Waals surface area contributed by atoms with Crippen LogP contribution in [0.15, 0.2) is 29.0 Å². The molecule has 0 radical (unpaired) electrons. The second kappa shape index (κ2) is 4.90. The van der Waals surface area contributed by atoms with Gasteiger partial charge in [0.15, 0.2) is 0 Å². The van der Waals surface area contributed by atoms with Crippen LogP contribution in [0.2, 0.25) is 0 Å². The summed E-state index contributed by atoms with van der Waals surface area (Å²) in [7, 11) is 0. The molecule has 0 spiro atoms. The number of aryl methyl sites for hydroxylation is 2. The van der Waals surface area contributed by atoms with Crippen molar-refractivity contribution in [1.82, 2.24) is 15.5 Å². The molecule has 0 aliphatic heterocycles. The number of pyridine rings is 1. The Bertz CT molecular complexity index is 465. The average molecular weight is 217 g/mol. The normalized spacial score (nSPS) is 10.6. The number of hydrogen-bond acceptors (Lipinski definition) is 4. The van der Waals surface area contributed by atoms with Gasteiger partial charge in [-0.2, -0.15) is 0 Å². The van der Waals surface area contributed by atoms with Gasteiger partial charge in [-0.15, -0.1) is 0 Å². The third-order valence-corrected chi connectivity index (χ3v) is 2.24. The highest BCUT2D eigenvalue weighted by molar-refractivity contribution is 5.16. The van der Waals surface area contributed by atoms with Crippen molar-refractivity contribution >= 4 is 0 Å². The monoisotopic (exact) mass is 217 g/mol. The van der Waals surface area contributed by atoms with E-state index in [0.717, 1.165) is 18.0 Å². The van der Waals surface area contributed by atoms with Gasteiger partial charge in [-0.1, -0.05) is 11.2 Å². The summed E-state index contributed by atoms with van der Waals surface area (Å²) in [5.41, 5.74) is 3.29. The Morgan fingerprint density at radius 1 is 1.19 bits per heavy atom. The summed E-state index contributed by atoms with van der Waals surface area (Å²) < 4.78 is 4.98. The molecule has 0 aromatic carbocycles. The van der Waals surface area contributed by atoms with Crippen LogP contribution in [-0.4, -0.2) is 10.1 Å². The second-order valence-electron chi connectivity index (χ2n) is 3.90. The van der Waals surface area contributed by atoms with Crippen LogP contribution >= 0.6 is 0 Å². The van der Waals surface area contributed by atoms with E-state index in [-0.39, 0.29) is 0 Å². The lowest BCUT2D eigenvalue weighted by atomic mass is 10.2. The largest absolute Gasteiger partial charge is 0.361 e. The van der Waals surface area contributed by atoms with Gasteiger partial charge in [0.1, 0.15) is 5.76 Å². The predicted molar refractivity (Wildman–Crippen MR) is 60.8 cm³/mol. The van der Waals surface area contributed by atoms with E-state index in [1.54, 1.807) is 0 Å². The van der Waals surface area contributed by atoms with Crippen LogP contribution in [0, 0.1) is 13.8 Å². The van der Waals surface area contributed by atoms with Crippen LogP contribution in [0.5, 0.6) is 0 Å². The Labute approximate surface area is 94.7 Å². The van der Waals surface area contributed by atoms with E-state index in [1.807, 2.05) is 32.3 Å². The lowest BCUT2D eigenvalue weighted by Crippen LogP contribution is -2.13. The van der Waals surface area contributed by atoms with Gasteiger partial charge < -0.3 is 9.84 Å². The Hall–Kier alpha value is -1.68. The molecule has 84 valence electrons. The summed E-state index contributed by atoms with van der Waals surface area (Å²) in [4.78, 5) is 4.14. The number of aromatic nitrogens is 2. The minimum Gasteiger partial charge on any atom is -0.361 e. The first-order valence-electron chi connectivity index (χ1n) is 5.27. The summed E-state index contributed by atoms with van der Waals surface area (Å²) in [6.07, 6.45) is 3.72. The highest BCUT2D eigenvalue weighted by atomic mass is 16.5. The third-order valence-electron chi connectivity index (χ3n) is 2.24. The van der Waals surface area contributed by atoms with E-state index < -0.39 is 0 Å². The molecule has 0 atom stereocenters. The van der Waals surface area contributed by atoms with Crippen molar-refractivity contribution in [1.29, 1.82) is 0 Å². The average Bonchev–Trinajstić information content (AvgIpc) is 2.64. The fourth-order valence-corrected chi connectivity index (χ4v) is 1.55. The maximum atomic E-state index is 4.98. The van der Waals surface area contributed by atoms with Gasteiger partial charge in [0, 0.05) is 31.5 Å². The molecule has 2 rings (SSSR count). The summed E-state index contributed by atoms with van der Waals surface area (Å²) in [6.45, 7) is 5.43. The zero-order valence-corrected chi connectivity index (χ0v) is 9.53. The quantitative estimate of drug-likeness (QED) is 0.850. The molecule has 0 aliphatic carbocycles. The fourth-order valence-electron chi connectivity index (χ4n) is 1.55. The molecule has 0 amide bonds. The van der Waals surface area contributed by atoms with E-state index in [2.05, 4.69) is 21.5 Å². The zero-order chi connectivity index (χ0) is 11.4. The van der Waals surface area contributed by atoms with Crippen LogP contribution in [0.1, 0.15) is 22.6 Å². The van der Waals surface area contributed by atoms with E-state index in [9.17, 15) is 0 Å². The first kappa shape index (κ1) is 10.8. The van der Waals surface area contributed by atoms with Crippen molar-refractivity contribution in [2.45, 2.75) is 26.9 Å². The smallest absolute Gasteiger partial charge is 0.133 e. The minimum absolute atomic E-state index is 0.714. The van der Waals surface area contributed by atoms with Crippen LogP contribution in [0.3, 0.4) is 0 Å². The first-order valence-corrected chi connectivity index (χ1v) is 5.27. The molecule has 0 fully saturated rings. The van der Waals surface area contributed by atoms with Crippen molar-refractivity contribution in [2.75, 3.05) is 0 Å². The zero-order valence-electron chi connectivity index (χ0n) is 9.53. The van der Waals surface area contributed by atoms with E-state index >= 15 is 0 Å². The Balaban J connectivity index is 1.84. The van der Waals surface area contributed by atoms with Gasteiger partial charge in [0.25, 0.3) is 0 Å². The third kappa shape index (κ3) is 2.90. The summed E-state index contributed by atoms with van der Waals surface area (Å²) >= 11 is 0. The van der Waals surface area contributed by atoms with Crippen molar-refractivity contribution in [3.05, 3.63) is 47.1 Å². The van der Waals surface area contributed by atoms with E-state index in [0.29, 0.717) is 6.54 Å². The molecule has 0 bridgehead atoms. The molecule has 0 aliphatic rings. The molecular formula is C12H15N3O. The summed E-state index contributed by atoms with van der Waals surface area (Å²) in [5.74, 6) is 0.842. The van der Waals surface area contributed by atoms with Gasteiger partial charge in [0.05, 0.1) is 5.69 Å². The Kier molecular flexibility index (Phi) is 3.31. The first-order chi connectivity index (χ1) is 7.74. The summed E-state index contributed by atoms with van der Waals surface area (Å²) in [6, 6.07) is 4.05. The lowest BCUT2D eigenvalue weighted by Gasteiger charge is -2.02. The standard InChI is InChI=1S/C12H15N3O/c1-9-3-11(6-13-5-9)7-14-8-12-4-10(2)16-15-12/h3-6,14H,7-8H2,1-2H3. The molecule has 16 heavy (non-hydrogen) atoms. The number of nitrogens with zero attached hydrogens (tertiary/aromatic N) is 2. The molecule has 2 aromatic heterocycles. The molecule has 1 N–H and O–H groups in total. The maximum Gasteiger partial charge on any atom is 0.133 e. The van der Waals surface area contributed by atoms with Gasteiger partial charge in [0.2, 0.25) is 0 Å². The Morgan fingerprint density at radius 2 is 2.06 bits per heavy atom. The van der Waals surface area contributed by atoms with Crippen molar-refractivity contribution in [3.63, 3.8) is 0 Å². The summed E-state index contributed by atoms with van der Waals surface area (Å²) in [5, 5.41) is 7.21. The molecule has 4 heteroatoms. The van der Waals surface area contributed by atoms with Crippen LogP contribution < -0.4 is 5.32 Å². The van der Waals surface area contributed by atoms with E-state index in [1.165, 1.54) is 11.1 Å². The van der Waals surface area contributed by atoms with Crippen LogP contribution in [0.25, 0.3) is 0 Å². The lowest BCUT2D eigenvalue weighted by molar-refractivity contribution is 0.388. The number of nitrogens with one attached hydrogen (secondary N) is 1. The molecule has 0 saturated heterocycles. The van der Waals surface area contributed by atoms with Crippen LogP contribution in [0.4, 0.5) is 0 Å². The van der Waals surface area contributed by atoms with Crippen molar-refractivity contribution in [3.8, 4) is 0 Å². The van der Waals surface area contributed by atoms with Gasteiger partial charge in [-0.25, -0.2) is 0 Å². The second-order valence-corrected chi connectivity index (χ2v) is 3.90.